The second-order valence-corrected chi connectivity index (χ2v) is 6.18. The van der Waals surface area contributed by atoms with Gasteiger partial charge >= 0.3 is 12.0 Å². The van der Waals surface area contributed by atoms with Crippen molar-refractivity contribution in [3.8, 4) is 0 Å². The fourth-order valence-electron chi connectivity index (χ4n) is 2.09. The highest BCUT2D eigenvalue weighted by Gasteiger charge is 2.16. The average Bonchev–Trinajstić information content (AvgIpc) is 2.59. The number of nitrogen functional groups attached to an aromatic ring is 1. The Morgan fingerprint density at radius 1 is 1.19 bits per heavy atom. The number of nitrogens with two attached hydrogens (primary N) is 1. The van der Waals surface area contributed by atoms with Gasteiger partial charge in [0.1, 0.15) is 0 Å². The zero-order chi connectivity index (χ0) is 20.0. The maximum atomic E-state index is 12.4. The Bertz CT molecular complexity index is 824. The van der Waals surface area contributed by atoms with Crippen molar-refractivity contribution >= 4 is 29.6 Å². The molecule has 0 fully saturated rings. The summed E-state index contributed by atoms with van der Waals surface area (Å²) in [4.78, 5) is 38.1. The highest BCUT2D eigenvalue weighted by atomic mass is 16.5. The van der Waals surface area contributed by atoms with E-state index in [4.69, 9.17) is 10.5 Å². The lowest BCUT2D eigenvalue weighted by Gasteiger charge is -2.14. The van der Waals surface area contributed by atoms with Crippen LogP contribution in [-0.2, 0) is 11.3 Å². The highest BCUT2D eigenvalue weighted by Crippen LogP contribution is 2.17. The Balaban J connectivity index is 2.10. The number of benzene rings is 1. The molecule has 2 aromatic rings. The van der Waals surface area contributed by atoms with E-state index in [2.05, 4.69) is 25.6 Å². The first-order valence-corrected chi connectivity index (χ1v) is 8.27. The third-order valence-corrected chi connectivity index (χ3v) is 3.23. The van der Waals surface area contributed by atoms with Crippen LogP contribution in [0.3, 0.4) is 0 Å². The van der Waals surface area contributed by atoms with Gasteiger partial charge in [-0.05, 0) is 26.0 Å². The van der Waals surface area contributed by atoms with Crippen LogP contribution in [0, 0.1) is 0 Å². The zero-order valence-corrected chi connectivity index (χ0v) is 15.7. The number of nitrogens with zero attached hydrogens (tertiary/aromatic N) is 4. The monoisotopic (exact) mass is 373 g/mol. The Morgan fingerprint density at radius 3 is 2.56 bits per heavy atom. The summed E-state index contributed by atoms with van der Waals surface area (Å²) in [7, 11) is 3.52. The molecule has 1 aromatic heterocycles. The first kappa shape index (κ1) is 19.9. The Hall–Kier alpha value is -3.43. The van der Waals surface area contributed by atoms with E-state index in [0.717, 1.165) is 0 Å². The van der Waals surface area contributed by atoms with Crippen molar-refractivity contribution in [1.82, 2.24) is 20.3 Å². The van der Waals surface area contributed by atoms with Crippen molar-refractivity contribution in [3.05, 3.63) is 35.7 Å². The van der Waals surface area contributed by atoms with Crippen LogP contribution >= 0.6 is 0 Å². The summed E-state index contributed by atoms with van der Waals surface area (Å²) in [5, 5.41) is 5.33. The predicted octanol–water partition coefficient (Wildman–Crippen LogP) is 1.41. The number of anilines is 3. The molecule has 0 atom stereocenters. The Labute approximate surface area is 157 Å². The van der Waals surface area contributed by atoms with Crippen LogP contribution in [0.1, 0.15) is 30.0 Å². The molecule has 1 aromatic carbocycles. The van der Waals surface area contributed by atoms with Crippen LogP contribution in [0.4, 0.5) is 22.4 Å². The van der Waals surface area contributed by atoms with Gasteiger partial charge in [-0.25, -0.2) is 9.59 Å². The molecule has 0 unspecified atom stereocenters. The molecule has 1 heterocycles. The van der Waals surface area contributed by atoms with E-state index in [-0.39, 0.29) is 30.0 Å². The van der Waals surface area contributed by atoms with Gasteiger partial charge in [0.2, 0.25) is 11.9 Å². The van der Waals surface area contributed by atoms with Crippen LogP contribution < -0.4 is 21.3 Å². The molecule has 2 rings (SSSR count). The Morgan fingerprint density at radius 2 is 1.89 bits per heavy atom. The lowest BCUT2D eigenvalue weighted by molar-refractivity contribution is 0.0463. The van der Waals surface area contributed by atoms with Gasteiger partial charge in [-0.2, -0.15) is 15.0 Å². The number of esters is 1. The van der Waals surface area contributed by atoms with Gasteiger partial charge in [-0.1, -0.05) is 12.1 Å². The highest BCUT2D eigenvalue weighted by molar-refractivity contribution is 6.00. The van der Waals surface area contributed by atoms with Crippen molar-refractivity contribution in [3.63, 3.8) is 0 Å². The molecule has 10 heteroatoms. The standard InChI is InChI=1S/C17H23N7O3/c1-10(2)19-17(26)20-12-8-6-5-7-11(12)14(25)27-9-13-21-15(18)23-16(22-13)24(3)4/h5-8,10H,9H2,1-4H3,(H2,19,20,26)(H2,18,21,22,23). The molecule has 0 spiro atoms. The SMILES string of the molecule is CC(C)NC(=O)Nc1ccccc1C(=O)OCc1nc(N)nc(N(C)C)n1. The number of carbonyl (C=O) groups is 2. The first-order valence-electron chi connectivity index (χ1n) is 8.27. The largest absolute Gasteiger partial charge is 0.454 e. The normalized spacial score (nSPS) is 10.4. The van der Waals surface area contributed by atoms with Crippen molar-refractivity contribution in [2.24, 2.45) is 0 Å². The maximum Gasteiger partial charge on any atom is 0.340 e. The molecule has 0 aliphatic heterocycles. The van der Waals surface area contributed by atoms with Crippen LogP contribution in [0.2, 0.25) is 0 Å². The number of aromatic nitrogens is 3. The summed E-state index contributed by atoms with van der Waals surface area (Å²) in [5.41, 5.74) is 6.20. The molecular formula is C17H23N7O3. The van der Waals surface area contributed by atoms with Gasteiger partial charge in [0.25, 0.3) is 0 Å². The van der Waals surface area contributed by atoms with E-state index in [1.807, 2.05) is 13.8 Å². The first-order chi connectivity index (χ1) is 12.8. The van der Waals surface area contributed by atoms with Crippen molar-refractivity contribution in [2.75, 3.05) is 30.0 Å². The molecular weight excluding hydrogens is 350 g/mol. The quantitative estimate of drug-likeness (QED) is 0.647. The molecule has 2 amide bonds. The predicted molar refractivity (Wildman–Crippen MR) is 101 cm³/mol. The molecule has 144 valence electrons. The number of rotatable bonds is 6. The number of urea groups is 1. The van der Waals surface area contributed by atoms with Gasteiger partial charge in [0, 0.05) is 20.1 Å². The number of hydrogen-bond donors (Lipinski definition) is 3. The number of para-hydroxylation sites is 1. The third kappa shape index (κ3) is 5.80. The van der Waals surface area contributed by atoms with E-state index < -0.39 is 12.0 Å². The number of carbonyl (C=O) groups excluding carboxylic acids is 2. The molecule has 27 heavy (non-hydrogen) atoms. The summed E-state index contributed by atoms with van der Waals surface area (Å²) in [6, 6.07) is 6.10. The van der Waals surface area contributed by atoms with Crippen LogP contribution in [0.5, 0.6) is 0 Å². The lowest BCUT2D eigenvalue weighted by atomic mass is 10.2. The topological polar surface area (TPSA) is 135 Å². The van der Waals surface area contributed by atoms with Gasteiger partial charge in [0.15, 0.2) is 12.4 Å². The third-order valence-electron chi connectivity index (χ3n) is 3.23. The fourth-order valence-corrected chi connectivity index (χ4v) is 2.09. The molecule has 0 aliphatic carbocycles. The molecule has 0 bridgehead atoms. The van der Waals surface area contributed by atoms with Gasteiger partial charge < -0.3 is 26.0 Å². The average molecular weight is 373 g/mol. The summed E-state index contributed by atoms with van der Waals surface area (Å²) >= 11 is 0. The van der Waals surface area contributed by atoms with Crippen molar-refractivity contribution < 1.29 is 14.3 Å². The maximum absolute atomic E-state index is 12.4. The minimum atomic E-state index is -0.624. The van der Waals surface area contributed by atoms with Crippen molar-refractivity contribution in [2.45, 2.75) is 26.5 Å². The van der Waals surface area contributed by atoms with Crippen molar-refractivity contribution in [1.29, 1.82) is 0 Å². The lowest BCUT2D eigenvalue weighted by Crippen LogP contribution is -2.34. The minimum absolute atomic E-state index is 0.0344. The zero-order valence-electron chi connectivity index (χ0n) is 15.7. The van der Waals surface area contributed by atoms with Crippen LogP contribution in [-0.4, -0.2) is 47.1 Å². The van der Waals surface area contributed by atoms with Gasteiger partial charge in [-0.3, -0.25) is 0 Å². The summed E-state index contributed by atoms with van der Waals surface area (Å²) in [6.45, 7) is 3.49. The number of amides is 2. The van der Waals surface area contributed by atoms with E-state index in [9.17, 15) is 9.59 Å². The molecule has 0 aliphatic rings. The second-order valence-electron chi connectivity index (χ2n) is 6.18. The van der Waals surface area contributed by atoms with E-state index in [0.29, 0.717) is 11.6 Å². The molecule has 10 nitrogen and oxygen atoms in total. The smallest absolute Gasteiger partial charge is 0.340 e. The summed E-state index contributed by atoms with van der Waals surface area (Å²) in [5.74, 6) is -0.00322. The van der Waals surface area contributed by atoms with Gasteiger partial charge in [0.05, 0.1) is 11.3 Å². The minimum Gasteiger partial charge on any atom is -0.454 e. The Kier molecular flexibility index (Phi) is 6.47. The molecule has 0 saturated heterocycles. The molecule has 0 radical (unpaired) electrons. The molecule has 4 N–H and O–H groups in total. The second kappa shape index (κ2) is 8.79. The summed E-state index contributed by atoms with van der Waals surface area (Å²) in [6.07, 6.45) is 0. The van der Waals surface area contributed by atoms with E-state index in [1.54, 1.807) is 43.3 Å². The van der Waals surface area contributed by atoms with E-state index in [1.165, 1.54) is 0 Å². The van der Waals surface area contributed by atoms with E-state index >= 15 is 0 Å². The van der Waals surface area contributed by atoms with Crippen LogP contribution in [0.25, 0.3) is 0 Å². The van der Waals surface area contributed by atoms with Gasteiger partial charge in [-0.15, -0.1) is 0 Å². The van der Waals surface area contributed by atoms with Crippen LogP contribution in [0.15, 0.2) is 24.3 Å². The molecule has 0 saturated carbocycles. The summed E-state index contributed by atoms with van der Waals surface area (Å²) < 4.78 is 5.27. The number of ether oxygens (including phenoxy) is 1. The number of hydrogen-bond acceptors (Lipinski definition) is 8. The number of nitrogens with one attached hydrogen (secondary N) is 2. The fraction of sp³-hybridized carbons (Fsp3) is 0.353.